The highest BCUT2D eigenvalue weighted by molar-refractivity contribution is 7.89. The summed E-state index contributed by atoms with van der Waals surface area (Å²) in [6, 6.07) is 1.20. The zero-order valence-electron chi connectivity index (χ0n) is 6.55. The predicted molar refractivity (Wildman–Crippen MR) is 47.2 cm³/mol. The van der Waals surface area contributed by atoms with Crippen LogP contribution in [0.1, 0.15) is 0 Å². The number of nitrogens with one attached hydrogen (secondary N) is 1. The van der Waals surface area contributed by atoms with Crippen molar-refractivity contribution in [1.29, 1.82) is 0 Å². The third-order valence-electron chi connectivity index (χ3n) is 1.33. The largest absolute Gasteiger partial charge is 0.344 e. The van der Waals surface area contributed by atoms with Gasteiger partial charge in [-0.3, -0.25) is 10.1 Å². The lowest BCUT2D eigenvalue weighted by Crippen LogP contribution is -2.18. The molecule has 0 unspecified atom stereocenters. The van der Waals surface area contributed by atoms with Crippen LogP contribution in [0.5, 0.6) is 0 Å². The second-order valence-corrected chi connectivity index (χ2v) is 4.80. The van der Waals surface area contributed by atoms with E-state index in [0.717, 1.165) is 11.3 Å². The Balaban J connectivity index is 3.31. The first-order chi connectivity index (χ1) is 5.99. The Morgan fingerprint density at radius 3 is 2.69 bits per heavy atom. The van der Waals surface area contributed by atoms with Crippen molar-refractivity contribution in [2.45, 2.75) is 4.90 Å². The number of nitrogens with zero attached hydrogens (tertiary/aromatic N) is 1. The van der Waals surface area contributed by atoms with Gasteiger partial charge in [0.2, 0.25) is 10.0 Å². The molecule has 0 saturated heterocycles. The van der Waals surface area contributed by atoms with Gasteiger partial charge in [-0.25, -0.2) is 13.1 Å². The molecule has 0 radical (unpaired) electrons. The van der Waals surface area contributed by atoms with Gasteiger partial charge in [0.05, 0.1) is 4.92 Å². The van der Waals surface area contributed by atoms with E-state index in [9.17, 15) is 18.5 Å². The van der Waals surface area contributed by atoms with Crippen LogP contribution in [0.25, 0.3) is 0 Å². The highest BCUT2D eigenvalue weighted by Crippen LogP contribution is 2.29. The minimum atomic E-state index is -3.71. The maximum absolute atomic E-state index is 11.2. The molecule has 0 atom stereocenters. The van der Waals surface area contributed by atoms with Crippen LogP contribution in [-0.4, -0.2) is 20.4 Å². The van der Waals surface area contributed by atoms with Crippen molar-refractivity contribution < 1.29 is 13.3 Å². The average molecular weight is 222 g/mol. The molecule has 0 amide bonds. The molecule has 8 heteroatoms. The zero-order valence-corrected chi connectivity index (χ0v) is 8.18. The Morgan fingerprint density at radius 2 is 2.23 bits per heavy atom. The molecule has 1 rings (SSSR count). The van der Waals surface area contributed by atoms with E-state index in [2.05, 4.69) is 0 Å². The van der Waals surface area contributed by atoms with E-state index < -0.39 is 14.9 Å². The molecule has 0 fully saturated rings. The molecule has 1 N–H and O–H groups in total. The van der Waals surface area contributed by atoms with Crippen LogP contribution in [0, 0.1) is 10.1 Å². The molecule has 72 valence electrons. The summed E-state index contributed by atoms with van der Waals surface area (Å²) in [6.07, 6.45) is 0. The molecular formula is C5H6N2O4S2. The monoisotopic (exact) mass is 222 g/mol. The summed E-state index contributed by atoms with van der Waals surface area (Å²) in [5.74, 6) is 0. The van der Waals surface area contributed by atoms with Crippen molar-refractivity contribution in [3.63, 3.8) is 0 Å². The van der Waals surface area contributed by atoms with Gasteiger partial charge in [-0.15, -0.1) is 0 Å². The molecule has 1 heterocycles. The molecule has 0 bridgehead atoms. The standard InChI is InChI=1S/C5H6N2O4S2/c1-6-13(10,11)4-2-3-12-5(4)7(8)9/h2-3,6H,1H3. The maximum Gasteiger partial charge on any atom is 0.344 e. The van der Waals surface area contributed by atoms with Crippen molar-refractivity contribution in [2.75, 3.05) is 7.05 Å². The summed E-state index contributed by atoms with van der Waals surface area (Å²) in [5.41, 5.74) is 0. The van der Waals surface area contributed by atoms with E-state index in [1.807, 2.05) is 4.72 Å². The van der Waals surface area contributed by atoms with Gasteiger partial charge in [0, 0.05) is 0 Å². The van der Waals surface area contributed by atoms with E-state index in [1.165, 1.54) is 18.5 Å². The van der Waals surface area contributed by atoms with Crippen LogP contribution in [0.2, 0.25) is 0 Å². The van der Waals surface area contributed by atoms with Crippen LogP contribution in [0.4, 0.5) is 5.00 Å². The third-order valence-corrected chi connectivity index (χ3v) is 3.77. The predicted octanol–water partition coefficient (Wildman–Crippen LogP) is 0.564. The lowest BCUT2D eigenvalue weighted by molar-refractivity contribution is -0.383. The zero-order chi connectivity index (χ0) is 10.1. The quantitative estimate of drug-likeness (QED) is 0.597. The molecule has 0 aliphatic heterocycles. The summed E-state index contributed by atoms with van der Waals surface area (Å²) in [7, 11) is -2.51. The number of thiophene rings is 1. The molecule has 0 aromatic carbocycles. The van der Waals surface area contributed by atoms with Crippen molar-refractivity contribution >= 4 is 26.4 Å². The first kappa shape index (κ1) is 10.1. The minimum absolute atomic E-state index is 0.287. The van der Waals surface area contributed by atoms with Gasteiger partial charge >= 0.3 is 5.00 Å². The summed E-state index contributed by atoms with van der Waals surface area (Å²) in [4.78, 5) is 9.37. The van der Waals surface area contributed by atoms with Crippen LogP contribution >= 0.6 is 11.3 Å². The van der Waals surface area contributed by atoms with Crippen molar-refractivity contribution in [2.24, 2.45) is 0 Å². The molecule has 0 spiro atoms. The first-order valence-electron chi connectivity index (χ1n) is 3.14. The number of hydrogen-bond donors (Lipinski definition) is 1. The SMILES string of the molecule is CNS(=O)(=O)c1ccsc1[N+](=O)[O-]. The highest BCUT2D eigenvalue weighted by atomic mass is 32.2. The fourth-order valence-corrected chi connectivity index (χ4v) is 2.67. The minimum Gasteiger partial charge on any atom is -0.258 e. The summed E-state index contributed by atoms with van der Waals surface area (Å²) >= 11 is 0.782. The Hall–Kier alpha value is -0.990. The van der Waals surface area contributed by atoms with Crippen molar-refractivity contribution in [3.05, 3.63) is 21.6 Å². The second-order valence-electron chi connectivity index (χ2n) is 2.05. The molecule has 0 saturated carbocycles. The van der Waals surface area contributed by atoms with E-state index in [4.69, 9.17) is 0 Å². The second kappa shape index (κ2) is 3.40. The molecule has 0 aliphatic rings. The summed E-state index contributed by atoms with van der Waals surface area (Å²) < 4.78 is 24.4. The van der Waals surface area contributed by atoms with Crippen molar-refractivity contribution in [3.8, 4) is 0 Å². The molecular weight excluding hydrogens is 216 g/mol. The van der Waals surface area contributed by atoms with Gasteiger partial charge in [-0.1, -0.05) is 11.3 Å². The van der Waals surface area contributed by atoms with E-state index in [-0.39, 0.29) is 9.90 Å². The van der Waals surface area contributed by atoms with Gasteiger partial charge in [0.15, 0.2) is 4.90 Å². The van der Waals surface area contributed by atoms with Crippen LogP contribution in [0.15, 0.2) is 16.3 Å². The maximum atomic E-state index is 11.2. The number of hydrogen-bond acceptors (Lipinski definition) is 5. The van der Waals surface area contributed by atoms with E-state index in [0.29, 0.717) is 0 Å². The fourth-order valence-electron chi connectivity index (χ4n) is 0.737. The molecule has 6 nitrogen and oxygen atoms in total. The van der Waals surface area contributed by atoms with Crippen molar-refractivity contribution in [1.82, 2.24) is 4.72 Å². The molecule has 1 aromatic heterocycles. The first-order valence-corrected chi connectivity index (χ1v) is 5.50. The van der Waals surface area contributed by atoms with Crippen LogP contribution < -0.4 is 4.72 Å². The smallest absolute Gasteiger partial charge is 0.258 e. The summed E-state index contributed by atoms with van der Waals surface area (Å²) in [6.45, 7) is 0. The topological polar surface area (TPSA) is 89.3 Å². The average Bonchev–Trinajstić information content (AvgIpc) is 2.52. The Bertz CT molecular complexity index is 421. The van der Waals surface area contributed by atoms with Gasteiger partial charge in [0.25, 0.3) is 0 Å². The summed E-state index contributed by atoms with van der Waals surface area (Å²) in [5, 5.41) is 11.4. The van der Waals surface area contributed by atoms with Gasteiger partial charge in [-0.05, 0) is 18.5 Å². The molecule has 0 aliphatic carbocycles. The van der Waals surface area contributed by atoms with Gasteiger partial charge in [0.1, 0.15) is 0 Å². The normalized spacial score (nSPS) is 11.5. The Labute approximate surface area is 78.4 Å². The van der Waals surface area contributed by atoms with E-state index in [1.54, 1.807) is 0 Å². The van der Waals surface area contributed by atoms with Crippen LogP contribution in [-0.2, 0) is 10.0 Å². The number of sulfonamides is 1. The van der Waals surface area contributed by atoms with E-state index >= 15 is 0 Å². The fraction of sp³-hybridized carbons (Fsp3) is 0.200. The molecule has 1 aromatic rings. The lowest BCUT2D eigenvalue weighted by Gasteiger charge is -1.97. The number of nitro groups is 1. The van der Waals surface area contributed by atoms with Gasteiger partial charge in [-0.2, -0.15) is 0 Å². The third kappa shape index (κ3) is 1.85. The Kier molecular flexibility index (Phi) is 2.64. The number of rotatable bonds is 3. The lowest BCUT2D eigenvalue weighted by atomic mass is 10.6. The van der Waals surface area contributed by atoms with Crippen LogP contribution in [0.3, 0.4) is 0 Å². The Morgan fingerprint density at radius 1 is 1.62 bits per heavy atom. The van der Waals surface area contributed by atoms with Gasteiger partial charge < -0.3 is 0 Å². The molecule has 13 heavy (non-hydrogen) atoms. The highest BCUT2D eigenvalue weighted by Gasteiger charge is 2.25.